The lowest BCUT2D eigenvalue weighted by Gasteiger charge is -2.37. The average molecular weight is 400 g/mol. The van der Waals surface area contributed by atoms with Crippen molar-refractivity contribution in [3.63, 3.8) is 0 Å². The molecule has 0 saturated carbocycles. The molecule has 29 heavy (non-hydrogen) atoms. The van der Waals surface area contributed by atoms with Gasteiger partial charge in [0.25, 0.3) is 5.56 Å². The van der Waals surface area contributed by atoms with Crippen molar-refractivity contribution in [3.05, 3.63) is 64.3 Å². The van der Waals surface area contributed by atoms with Crippen LogP contribution in [0.25, 0.3) is 0 Å². The number of benzene rings is 1. The fourth-order valence-electron chi connectivity index (χ4n) is 3.70. The third kappa shape index (κ3) is 5.37. The highest BCUT2D eigenvalue weighted by molar-refractivity contribution is 5.80. The van der Waals surface area contributed by atoms with Crippen molar-refractivity contribution in [3.8, 4) is 0 Å². The number of hydrogen-bond acceptors (Lipinski definition) is 3. The molecule has 0 aliphatic carbocycles. The van der Waals surface area contributed by atoms with Gasteiger partial charge in [-0.05, 0) is 38.0 Å². The number of nitrogens with zero attached hydrogens (tertiary/aromatic N) is 4. The summed E-state index contributed by atoms with van der Waals surface area (Å²) in [5.41, 5.74) is 1.72. The fraction of sp³-hybridized carbons (Fsp3) is 0.455. The van der Waals surface area contributed by atoms with Gasteiger partial charge in [-0.25, -0.2) is 4.39 Å². The van der Waals surface area contributed by atoms with E-state index in [9.17, 15) is 9.18 Å². The molecule has 7 heteroatoms. The number of halogens is 1. The highest BCUT2D eigenvalue weighted by Crippen LogP contribution is 2.20. The molecule has 1 aliphatic rings. The SMILES string of the molecule is CN=C(NCCCCn1c(C)cccc1=O)N1CCN(c2ccccc2F)CC1. The maximum Gasteiger partial charge on any atom is 0.250 e. The van der Waals surface area contributed by atoms with E-state index >= 15 is 0 Å². The minimum atomic E-state index is -0.170. The Morgan fingerprint density at radius 3 is 2.52 bits per heavy atom. The van der Waals surface area contributed by atoms with Gasteiger partial charge in [-0.3, -0.25) is 9.79 Å². The summed E-state index contributed by atoms with van der Waals surface area (Å²) in [5, 5.41) is 3.42. The molecule has 156 valence electrons. The van der Waals surface area contributed by atoms with Crippen molar-refractivity contribution < 1.29 is 4.39 Å². The summed E-state index contributed by atoms with van der Waals surface area (Å²) in [6.07, 6.45) is 1.88. The number of nitrogens with one attached hydrogen (secondary N) is 1. The summed E-state index contributed by atoms with van der Waals surface area (Å²) < 4.78 is 15.8. The second-order valence-corrected chi connectivity index (χ2v) is 7.26. The molecule has 2 aromatic rings. The van der Waals surface area contributed by atoms with Gasteiger partial charge in [-0.2, -0.15) is 0 Å². The van der Waals surface area contributed by atoms with Crippen molar-refractivity contribution in [2.24, 2.45) is 4.99 Å². The van der Waals surface area contributed by atoms with Crippen molar-refractivity contribution >= 4 is 11.6 Å². The zero-order chi connectivity index (χ0) is 20.6. The Hall–Kier alpha value is -2.83. The Morgan fingerprint density at radius 2 is 1.83 bits per heavy atom. The molecule has 1 fully saturated rings. The molecule has 2 heterocycles. The first kappa shape index (κ1) is 20.9. The van der Waals surface area contributed by atoms with Gasteiger partial charge in [0.2, 0.25) is 0 Å². The van der Waals surface area contributed by atoms with Crippen LogP contribution in [0, 0.1) is 12.7 Å². The Bertz CT molecular complexity index is 887. The summed E-state index contributed by atoms with van der Waals surface area (Å²) in [6, 6.07) is 12.3. The van der Waals surface area contributed by atoms with Gasteiger partial charge < -0.3 is 19.7 Å². The number of aromatic nitrogens is 1. The largest absolute Gasteiger partial charge is 0.366 e. The standard InChI is InChI=1S/C22H30FN5O/c1-18-8-7-11-21(29)28(18)13-6-5-12-25-22(24-2)27-16-14-26(15-17-27)20-10-4-3-9-19(20)23/h3-4,7-11H,5-6,12-17H2,1-2H3,(H,24,25). The van der Waals surface area contributed by atoms with Crippen LogP contribution in [-0.4, -0.2) is 55.2 Å². The molecular formula is C22H30FN5O. The first-order chi connectivity index (χ1) is 14.1. The second kappa shape index (κ2) is 10.1. The molecule has 0 unspecified atom stereocenters. The predicted octanol–water partition coefficient (Wildman–Crippen LogP) is 2.47. The van der Waals surface area contributed by atoms with E-state index in [0.29, 0.717) is 5.69 Å². The third-order valence-corrected chi connectivity index (χ3v) is 5.34. The fourth-order valence-corrected chi connectivity index (χ4v) is 3.70. The highest BCUT2D eigenvalue weighted by atomic mass is 19.1. The molecule has 1 aliphatic heterocycles. The zero-order valence-electron chi connectivity index (χ0n) is 17.3. The first-order valence-electron chi connectivity index (χ1n) is 10.2. The molecule has 3 rings (SSSR count). The number of aliphatic imine (C=N–C) groups is 1. The number of aryl methyl sites for hydroxylation is 1. The maximum absolute atomic E-state index is 14.0. The third-order valence-electron chi connectivity index (χ3n) is 5.34. The monoisotopic (exact) mass is 399 g/mol. The van der Waals surface area contributed by atoms with Gasteiger partial charge in [-0.15, -0.1) is 0 Å². The number of pyridine rings is 1. The molecule has 0 atom stereocenters. The molecule has 1 N–H and O–H groups in total. The van der Waals surface area contributed by atoms with Crippen LogP contribution >= 0.6 is 0 Å². The Labute approximate surface area is 171 Å². The molecule has 0 spiro atoms. The predicted molar refractivity (Wildman–Crippen MR) is 116 cm³/mol. The van der Waals surface area contributed by atoms with Gasteiger partial charge in [-0.1, -0.05) is 18.2 Å². The van der Waals surface area contributed by atoms with E-state index in [1.54, 1.807) is 25.2 Å². The summed E-state index contributed by atoms with van der Waals surface area (Å²) in [7, 11) is 1.79. The van der Waals surface area contributed by atoms with Crippen LogP contribution in [0.1, 0.15) is 18.5 Å². The Balaban J connectivity index is 1.42. The van der Waals surface area contributed by atoms with Crippen LogP contribution < -0.4 is 15.8 Å². The second-order valence-electron chi connectivity index (χ2n) is 7.26. The van der Waals surface area contributed by atoms with Crippen LogP contribution in [0.5, 0.6) is 0 Å². The van der Waals surface area contributed by atoms with Crippen LogP contribution in [0.3, 0.4) is 0 Å². The zero-order valence-corrected chi connectivity index (χ0v) is 17.3. The molecule has 0 radical (unpaired) electrons. The average Bonchev–Trinajstić information content (AvgIpc) is 2.73. The molecule has 0 bridgehead atoms. The molecule has 0 amide bonds. The van der Waals surface area contributed by atoms with E-state index in [1.807, 2.05) is 29.7 Å². The van der Waals surface area contributed by atoms with E-state index < -0.39 is 0 Å². The lowest BCUT2D eigenvalue weighted by molar-refractivity contribution is 0.370. The van der Waals surface area contributed by atoms with E-state index in [0.717, 1.165) is 63.8 Å². The normalized spacial score (nSPS) is 14.9. The van der Waals surface area contributed by atoms with E-state index in [2.05, 4.69) is 20.1 Å². The highest BCUT2D eigenvalue weighted by Gasteiger charge is 2.21. The first-order valence-corrected chi connectivity index (χ1v) is 10.2. The quantitative estimate of drug-likeness (QED) is 0.461. The minimum Gasteiger partial charge on any atom is -0.366 e. The van der Waals surface area contributed by atoms with Crippen LogP contribution in [0.4, 0.5) is 10.1 Å². The topological polar surface area (TPSA) is 52.9 Å². The molecular weight excluding hydrogens is 369 g/mol. The Morgan fingerprint density at radius 1 is 1.07 bits per heavy atom. The Kier molecular flexibility index (Phi) is 7.27. The number of unbranched alkanes of at least 4 members (excludes halogenated alkanes) is 1. The summed E-state index contributed by atoms with van der Waals surface area (Å²) >= 11 is 0. The molecule has 1 aromatic carbocycles. The van der Waals surface area contributed by atoms with E-state index in [1.165, 1.54) is 6.07 Å². The number of hydrogen-bond donors (Lipinski definition) is 1. The smallest absolute Gasteiger partial charge is 0.250 e. The molecule has 1 saturated heterocycles. The van der Waals surface area contributed by atoms with Gasteiger partial charge in [0.05, 0.1) is 5.69 Å². The number of guanidine groups is 1. The lowest BCUT2D eigenvalue weighted by Crippen LogP contribution is -2.52. The molecule has 6 nitrogen and oxygen atoms in total. The van der Waals surface area contributed by atoms with Crippen molar-refractivity contribution in [2.75, 3.05) is 44.7 Å². The maximum atomic E-state index is 14.0. The van der Waals surface area contributed by atoms with Crippen molar-refractivity contribution in [2.45, 2.75) is 26.3 Å². The summed E-state index contributed by atoms with van der Waals surface area (Å²) in [5.74, 6) is 0.711. The lowest BCUT2D eigenvalue weighted by atomic mass is 10.2. The van der Waals surface area contributed by atoms with Crippen molar-refractivity contribution in [1.29, 1.82) is 0 Å². The number of rotatable bonds is 6. The van der Waals surface area contributed by atoms with Gasteiger partial charge in [0.1, 0.15) is 5.82 Å². The minimum absolute atomic E-state index is 0.0569. The van der Waals surface area contributed by atoms with E-state index in [-0.39, 0.29) is 11.4 Å². The van der Waals surface area contributed by atoms with Crippen LogP contribution in [0.2, 0.25) is 0 Å². The summed E-state index contributed by atoms with van der Waals surface area (Å²) in [4.78, 5) is 20.6. The van der Waals surface area contributed by atoms with Gasteiger partial charge in [0.15, 0.2) is 5.96 Å². The van der Waals surface area contributed by atoms with Crippen LogP contribution in [0.15, 0.2) is 52.3 Å². The van der Waals surface area contributed by atoms with E-state index in [4.69, 9.17) is 0 Å². The summed E-state index contributed by atoms with van der Waals surface area (Å²) in [6.45, 7) is 6.62. The van der Waals surface area contributed by atoms with Crippen molar-refractivity contribution in [1.82, 2.24) is 14.8 Å². The number of anilines is 1. The van der Waals surface area contributed by atoms with Gasteiger partial charge >= 0.3 is 0 Å². The van der Waals surface area contributed by atoms with Crippen LogP contribution in [-0.2, 0) is 6.54 Å². The van der Waals surface area contributed by atoms with Gasteiger partial charge in [0, 0.05) is 58.1 Å². The molecule has 1 aromatic heterocycles. The number of para-hydroxylation sites is 1. The number of piperazine rings is 1.